The molecule has 0 spiro atoms. The molecule has 0 atom stereocenters. The molecule has 5 nitrogen and oxygen atoms in total. The van der Waals surface area contributed by atoms with Crippen LogP contribution in [0.2, 0.25) is 0 Å². The summed E-state index contributed by atoms with van der Waals surface area (Å²) < 4.78 is 26.8. The first-order valence-corrected chi connectivity index (χ1v) is 7.82. The van der Waals surface area contributed by atoms with Gasteiger partial charge < -0.3 is 10.0 Å². The number of piperazine rings is 1. The number of rotatable bonds is 2. The summed E-state index contributed by atoms with van der Waals surface area (Å²) in [5.41, 5.74) is 0. The van der Waals surface area contributed by atoms with E-state index in [2.05, 4.69) is 20.8 Å². The zero-order valence-corrected chi connectivity index (χ0v) is 12.4. The SMILES string of the molecule is CN1CCN(S(=O)(=O)c2cc(Br)ccc2O)CC1. The van der Waals surface area contributed by atoms with Gasteiger partial charge in [-0.25, -0.2) is 8.42 Å². The Hall–Kier alpha value is -0.630. The van der Waals surface area contributed by atoms with Crippen LogP contribution in [0.15, 0.2) is 27.6 Å². The molecule has 2 rings (SSSR count). The summed E-state index contributed by atoms with van der Waals surface area (Å²) in [6, 6.07) is 4.42. The van der Waals surface area contributed by atoms with Crippen molar-refractivity contribution in [1.82, 2.24) is 9.21 Å². The highest BCUT2D eigenvalue weighted by Gasteiger charge is 2.29. The molecular weight excluding hydrogens is 320 g/mol. The third kappa shape index (κ3) is 2.69. The van der Waals surface area contributed by atoms with Crippen LogP contribution in [0.1, 0.15) is 0 Å². The Bertz CT molecular complexity index is 539. The minimum Gasteiger partial charge on any atom is -0.507 e. The standard InChI is InChI=1S/C11H15BrN2O3S/c1-13-4-6-14(7-5-13)18(16,17)11-8-9(12)2-3-10(11)15/h2-3,8,15H,4-7H2,1H3. The molecule has 0 unspecified atom stereocenters. The van der Waals surface area contributed by atoms with Gasteiger partial charge in [0.1, 0.15) is 10.6 Å². The van der Waals surface area contributed by atoms with Crippen LogP contribution < -0.4 is 0 Å². The first-order valence-electron chi connectivity index (χ1n) is 5.58. The van der Waals surface area contributed by atoms with E-state index in [1.807, 2.05) is 7.05 Å². The molecule has 1 aromatic carbocycles. The molecule has 1 N–H and O–H groups in total. The van der Waals surface area contributed by atoms with Gasteiger partial charge in [0, 0.05) is 30.7 Å². The van der Waals surface area contributed by atoms with Crippen LogP contribution in [0.25, 0.3) is 0 Å². The maximum absolute atomic E-state index is 12.4. The number of benzene rings is 1. The number of phenolic OH excluding ortho intramolecular Hbond substituents is 1. The van der Waals surface area contributed by atoms with E-state index < -0.39 is 10.0 Å². The first kappa shape index (κ1) is 13.8. The molecule has 0 radical (unpaired) electrons. The molecule has 1 aliphatic heterocycles. The van der Waals surface area contributed by atoms with Crippen molar-refractivity contribution < 1.29 is 13.5 Å². The fourth-order valence-corrected chi connectivity index (χ4v) is 3.91. The van der Waals surface area contributed by atoms with Crippen LogP contribution in [0.5, 0.6) is 5.75 Å². The molecule has 0 saturated carbocycles. The van der Waals surface area contributed by atoms with Crippen LogP contribution in [0.3, 0.4) is 0 Å². The maximum atomic E-state index is 12.4. The Morgan fingerprint density at radius 3 is 2.44 bits per heavy atom. The van der Waals surface area contributed by atoms with Crippen LogP contribution in [0, 0.1) is 0 Å². The van der Waals surface area contributed by atoms with Crippen LogP contribution >= 0.6 is 15.9 Å². The molecule has 1 saturated heterocycles. The molecule has 7 heteroatoms. The smallest absolute Gasteiger partial charge is 0.246 e. The van der Waals surface area contributed by atoms with E-state index in [1.165, 1.54) is 16.4 Å². The monoisotopic (exact) mass is 334 g/mol. The van der Waals surface area contributed by atoms with Crippen molar-refractivity contribution in [2.45, 2.75) is 4.90 Å². The zero-order chi connectivity index (χ0) is 13.3. The van der Waals surface area contributed by atoms with E-state index in [-0.39, 0.29) is 10.6 Å². The van der Waals surface area contributed by atoms with E-state index in [4.69, 9.17) is 0 Å². The van der Waals surface area contributed by atoms with Crippen molar-refractivity contribution in [3.8, 4) is 5.75 Å². The number of hydrogen-bond donors (Lipinski definition) is 1. The van der Waals surface area contributed by atoms with Gasteiger partial charge in [-0.05, 0) is 25.2 Å². The Labute approximate surface area is 115 Å². The summed E-state index contributed by atoms with van der Waals surface area (Å²) in [4.78, 5) is 2.04. The molecule has 1 fully saturated rings. The van der Waals surface area contributed by atoms with E-state index >= 15 is 0 Å². The Kier molecular flexibility index (Phi) is 3.96. The van der Waals surface area contributed by atoms with Crippen molar-refractivity contribution in [3.05, 3.63) is 22.7 Å². The Morgan fingerprint density at radius 1 is 1.22 bits per heavy atom. The summed E-state index contributed by atoms with van der Waals surface area (Å²) in [7, 11) is -1.65. The zero-order valence-electron chi connectivity index (χ0n) is 10.0. The molecule has 1 aliphatic rings. The van der Waals surface area contributed by atoms with Gasteiger partial charge in [-0.15, -0.1) is 0 Å². The number of halogens is 1. The second-order valence-corrected chi connectivity index (χ2v) is 7.14. The van der Waals surface area contributed by atoms with Gasteiger partial charge in [-0.1, -0.05) is 15.9 Å². The molecule has 0 aromatic heterocycles. The lowest BCUT2D eigenvalue weighted by molar-refractivity contribution is 0.222. The van der Waals surface area contributed by atoms with E-state index in [0.29, 0.717) is 30.7 Å². The molecule has 1 heterocycles. The number of hydrogen-bond acceptors (Lipinski definition) is 4. The van der Waals surface area contributed by atoms with Crippen molar-refractivity contribution in [2.75, 3.05) is 33.2 Å². The van der Waals surface area contributed by atoms with Gasteiger partial charge in [-0.3, -0.25) is 0 Å². The van der Waals surface area contributed by atoms with Gasteiger partial charge in [0.05, 0.1) is 0 Å². The van der Waals surface area contributed by atoms with Crippen molar-refractivity contribution in [3.63, 3.8) is 0 Å². The molecule has 100 valence electrons. The fraction of sp³-hybridized carbons (Fsp3) is 0.455. The third-order valence-corrected chi connectivity index (χ3v) is 5.42. The van der Waals surface area contributed by atoms with E-state index in [9.17, 15) is 13.5 Å². The second kappa shape index (κ2) is 5.16. The average molecular weight is 335 g/mol. The van der Waals surface area contributed by atoms with Gasteiger partial charge in [0.15, 0.2) is 0 Å². The van der Waals surface area contributed by atoms with Gasteiger partial charge in [0.25, 0.3) is 0 Å². The number of aromatic hydroxyl groups is 1. The van der Waals surface area contributed by atoms with Gasteiger partial charge >= 0.3 is 0 Å². The predicted octanol–water partition coefficient (Wildman–Crippen LogP) is 1.09. The molecule has 0 aliphatic carbocycles. The number of nitrogens with zero attached hydrogens (tertiary/aromatic N) is 2. The third-order valence-electron chi connectivity index (χ3n) is 3.00. The lowest BCUT2D eigenvalue weighted by Crippen LogP contribution is -2.47. The summed E-state index contributed by atoms with van der Waals surface area (Å²) in [6.07, 6.45) is 0. The molecule has 1 aromatic rings. The molecule has 0 bridgehead atoms. The number of phenols is 1. The highest BCUT2D eigenvalue weighted by molar-refractivity contribution is 9.10. The number of sulfonamides is 1. The lowest BCUT2D eigenvalue weighted by Gasteiger charge is -2.31. The predicted molar refractivity (Wildman–Crippen MR) is 72.1 cm³/mol. The summed E-state index contributed by atoms with van der Waals surface area (Å²) in [6.45, 7) is 2.30. The van der Waals surface area contributed by atoms with Gasteiger partial charge in [0.2, 0.25) is 10.0 Å². The minimum atomic E-state index is -3.61. The molecular formula is C11H15BrN2O3S. The second-order valence-electron chi connectivity index (χ2n) is 4.32. The average Bonchev–Trinajstić information content (AvgIpc) is 2.32. The number of likely N-dealkylation sites (N-methyl/N-ethyl adjacent to an activating group) is 1. The highest BCUT2D eigenvalue weighted by Crippen LogP contribution is 2.29. The van der Waals surface area contributed by atoms with Crippen molar-refractivity contribution in [2.24, 2.45) is 0 Å². The topological polar surface area (TPSA) is 60.9 Å². The minimum absolute atomic E-state index is 0.0403. The van der Waals surface area contributed by atoms with Gasteiger partial charge in [-0.2, -0.15) is 4.31 Å². The van der Waals surface area contributed by atoms with Crippen molar-refractivity contribution >= 4 is 26.0 Å². The maximum Gasteiger partial charge on any atom is 0.246 e. The largest absolute Gasteiger partial charge is 0.507 e. The Balaban J connectivity index is 2.33. The van der Waals surface area contributed by atoms with Crippen molar-refractivity contribution in [1.29, 1.82) is 0 Å². The summed E-state index contributed by atoms with van der Waals surface area (Å²) >= 11 is 3.22. The molecule has 18 heavy (non-hydrogen) atoms. The van der Waals surface area contributed by atoms with E-state index in [1.54, 1.807) is 6.07 Å². The highest BCUT2D eigenvalue weighted by atomic mass is 79.9. The van der Waals surface area contributed by atoms with Crippen LogP contribution in [0.4, 0.5) is 0 Å². The Morgan fingerprint density at radius 2 is 1.83 bits per heavy atom. The van der Waals surface area contributed by atoms with Crippen LogP contribution in [-0.2, 0) is 10.0 Å². The quantitative estimate of drug-likeness (QED) is 0.879. The van der Waals surface area contributed by atoms with E-state index in [0.717, 1.165) is 0 Å². The first-order chi connectivity index (χ1) is 8.41. The summed E-state index contributed by atoms with van der Waals surface area (Å²) in [5, 5.41) is 9.72. The summed E-state index contributed by atoms with van der Waals surface area (Å²) in [5.74, 6) is -0.211. The fourth-order valence-electron chi connectivity index (χ4n) is 1.86. The normalized spacial score (nSPS) is 19.0. The lowest BCUT2D eigenvalue weighted by atomic mass is 10.3. The van der Waals surface area contributed by atoms with Crippen LogP contribution in [-0.4, -0.2) is 56.0 Å². The molecule has 0 amide bonds.